The van der Waals surface area contributed by atoms with Gasteiger partial charge < -0.3 is 113 Å². The summed E-state index contributed by atoms with van der Waals surface area (Å²) in [6.07, 6.45) is -23.9. The Morgan fingerprint density at radius 3 is 1.86 bits per heavy atom. The maximum Gasteiger partial charge on any atom is 0.249 e. The Balaban J connectivity index is 0.000000542. The molecule has 2 unspecified atom stereocenters. The largest absolute Gasteiger partial charge is 0.394 e. The van der Waals surface area contributed by atoms with Gasteiger partial charge in [0.2, 0.25) is 5.91 Å². The fourth-order valence-corrected chi connectivity index (χ4v) is 6.15. The zero-order valence-corrected chi connectivity index (χ0v) is 27.6. The lowest BCUT2D eigenvalue weighted by atomic mass is 9.83. The number of aliphatic hydroxyl groups is 12. The Kier molecular flexibility index (Phi) is 17.1. The molecular formula is C28H55N5O18. The first-order valence-corrected chi connectivity index (χ1v) is 16.5. The second-order valence-corrected chi connectivity index (χ2v) is 12.9. The van der Waals surface area contributed by atoms with Gasteiger partial charge in [0.05, 0.1) is 31.4 Å². The van der Waals surface area contributed by atoms with Crippen LogP contribution in [0.25, 0.3) is 0 Å². The van der Waals surface area contributed by atoms with Crippen LogP contribution in [-0.2, 0) is 28.5 Å². The maximum atomic E-state index is 12.6. The summed E-state index contributed by atoms with van der Waals surface area (Å²) in [5.74, 6) is -0.845. The number of hydrogen-bond donors (Lipinski definition) is 17. The van der Waals surface area contributed by atoms with Crippen LogP contribution < -0.4 is 28.3 Å². The van der Waals surface area contributed by atoms with Crippen LogP contribution in [-0.4, -0.2) is 216 Å². The average Bonchev–Trinajstić information content (AvgIpc) is 3.09. The van der Waals surface area contributed by atoms with Gasteiger partial charge in [0.15, 0.2) is 18.9 Å². The van der Waals surface area contributed by atoms with Crippen LogP contribution in [0, 0.1) is 0 Å². The monoisotopic (exact) mass is 749 g/mol. The highest BCUT2D eigenvalue weighted by Gasteiger charge is 2.52. The minimum absolute atomic E-state index is 0.0101. The van der Waals surface area contributed by atoms with E-state index in [2.05, 4.69) is 5.32 Å². The van der Waals surface area contributed by atoms with Crippen LogP contribution in [0.3, 0.4) is 0 Å². The standard InChI is InChI=1S/C22H43N5O13.C6H12O5/c23-2-1-8(29)20(36)27-7-3-6(25)18(39-22-16(34)15(33)13(31)9(4-24)37-22)17(35)19(7)40-21-14(32)11(26)12(30)10(5-28)38-21;7-2-4-6(10)3(8)1-5(9)11-4/h6-19,21-22,28-35H,1-5,23-26H2,(H,27,36);3-10H,1-2H2/t6-,7+,8?,9+,10+,11-,12+,13+,14+,15-,16+,17-,18?,19-,21+,22+;3-,4-,5+,6+/m01/s1. The van der Waals surface area contributed by atoms with E-state index in [9.17, 15) is 45.6 Å². The SMILES string of the molecule is NCCC(O)C(=O)N[C@@H]1C[C@H](N)C(O[C@H]2O[C@H](CN)[C@@H](O)[C@H](O)[C@H]2O)[C@H](O)[C@H]1O[C@H]1O[C@H](CO)[C@@H](O)[C@H](N)[C@H]1O.OC[C@H]1O[C@H](O)C[C@@H](O)[C@@H]1O. The van der Waals surface area contributed by atoms with Crippen molar-refractivity contribution in [2.24, 2.45) is 22.9 Å². The third-order valence-electron chi connectivity index (χ3n) is 9.24. The number of carbonyl (C=O) groups excluding carboxylic acids is 1. The van der Waals surface area contributed by atoms with E-state index in [1.807, 2.05) is 0 Å². The Bertz CT molecular complexity index is 1060. The van der Waals surface area contributed by atoms with Crippen LogP contribution in [0.4, 0.5) is 0 Å². The molecule has 3 saturated heterocycles. The van der Waals surface area contributed by atoms with Crippen molar-refractivity contribution in [3.8, 4) is 0 Å². The van der Waals surface area contributed by atoms with E-state index >= 15 is 0 Å². The summed E-state index contributed by atoms with van der Waals surface area (Å²) in [6.45, 7) is -1.31. The van der Waals surface area contributed by atoms with Gasteiger partial charge in [-0.15, -0.1) is 0 Å². The Morgan fingerprint density at radius 2 is 1.27 bits per heavy atom. The highest BCUT2D eigenvalue weighted by molar-refractivity contribution is 5.80. The number of hydrogen-bond acceptors (Lipinski definition) is 22. The maximum absolute atomic E-state index is 12.6. The molecule has 4 rings (SSSR count). The molecule has 300 valence electrons. The summed E-state index contributed by atoms with van der Waals surface area (Å²) in [7, 11) is 0. The summed E-state index contributed by atoms with van der Waals surface area (Å²) < 4.78 is 27.2. The molecule has 23 nitrogen and oxygen atoms in total. The lowest BCUT2D eigenvalue weighted by Gasteiger charge is -2.49. The van der Waals surface area contributed by atoms with E-state index in [4.69, 9.17) is 67.0 Å². The molecule has 0 radical (unpaired) electrons. The molecule has 1 aliphatic carbocycles. The van der Waals surface area contributed by atoms with E-state index in [-0.39, 0.29) is 32.4 Å². The first-order valence-electron chi connectivity index (χ1n) is 16.5. The molecular weight excluding hydrogens is 694 g/mol. The van der Waals surface area contributed by atoms with Crippen molar-refractivity contribution in [2.45, 2.75) is 142 Å². The van der Waals surface area contributed by atoms with Gasteiger partial charge in [-0.05, 0) is 19.4 Å². The van der Waals surface area contributed by atoms with Gasteiger partial charge in [0.1, 0.15) is 79.4 Å². The van der Waals surface area contributed by atoms with Gasteiger partial charge >= 0.3 is 0 Å². The lowest BCUT2D eigenvalue weighted by Crippen LogP contribution is -2.69. The van der Waals surface area contributed by atoms with Crippen molar-refractivity contribution in [1.82, 2.24) is 5.32 Å². The molecule has 0 bridgehead atoms. The second-order valence-electron chi connectivity index (χ2n) is 12.9. The zero-order chi connectivity index (χ0) is 38.3. The van der Waals surface area contributed by atoms with Crippen LogP contribution >= 0.6 is 0 Å². The summed E-state index contributed by atoms with van der Waals surface area (Å²) in [5, 5.41) is 120. The number of amides is 1. The summed E-state index contributed by atoms with van der Waals surface area (Å²) >= 11 is 0. The van der Waals surface area contributed by atoms with Crippen molar-refractivity contribution in [1.29, 1.82) is 0 Å². The van der Waals surface area contributed by atoms with E-state index in [1.54, 1.807) is 0 Å². The molecule has 1 saturated carbocycles. The number of nitrogens with one attached hydrogen (secondary N) is 1. The fraction of sp³-hybridized carbons (Fsp3) is 0.964. The van der Waals surface area contributed by atoms with Crippen molar-refractivity contribution >= 4 is 5.91 Å². The van der Waals surface area contributed by atoms with Crippen molar-refractivity contribution in [3.05, 3.63) is 0 Å². The van der Waals surface area contributed by atoms with Crippen LogP contribution in [0.2, 0.25) is 0 Å². The topological polar surface area (TPSA) is 422 Å². The van der Waals surface area contributed by atoms with Gasteiger partial charge in [-0.2, -0.15) is 0 Å². The third kappa shape index (κ3) is 10.7. The molecule has 1 amide bonds. The normalized spacial score (nSPS) is 46.8. The number of carbonyl (C=O) groups is 1. The van der Waals surface area contributed by atoms with Crippen LogP contribution in [0.15, 0.2) is 0 Å². The van der Waals surface area contributed by atoms with Crippen molar-refractivity contribution < 1.29 is 89.8 Å². The molecule has 23 heteroatoms. The molecule has 0 aromatic carbocycles. The molecule has 4 fully saturated rings. The van der Waals surface area contributed by atoms with Gasteiger partial charge in [-0.3, -0.25) is 4.79 Å². The van der Waals surface area contributed by atoms with Gasteiger partial charge in [0, 0.05) is 19.0 Å². The fourth-order valence-electron chi connectivity index (χ4n) is 6.15. The van der Waals surface area contributed by atoms with Crippen molar-refractivity contribution in [2.75, 3.05) is 26.3 Å². The number of rotatable bonds is 11. The highest BCUT2D eigenvalue weighted by atomic mass is 16.7. The van der Waals surface area contributed by atoms with E-state index in [0.717, 1.165) is 0 Å². The molecule has 51 heavy (non-hydrogen) atoms. The number of aliphatic hydroxyl groups excluding tert-OH is 12. The van der Waals surface area contributed by atoms with Crippen LogP contribution in [0.1, 0.15) is 19.3 Å². The van der Waals surface area contributed by atoms with E-state index in [0.29, 0.717) is 0 Å². The molecule has 0 aromatic rings. The van der Waals surface area contributed by atoms with E-state index < -0.39 is 142 Å². The summed E-state index contributed by atoms with van der Waals surface area (Å²) in [4.78, 5) is 12.6. The first kappa shape index (κ1) is 44.0. The van der Waals surface area contributed by atoms with Crippen LogP contribution in [0.5, 0.6) is 0 Å². The molecule has 4 aliphatic rings. The molecule has 21 N–H and O–H groups in total. The average molecular weight is 750 g/mol. The Morgan fingerprint density at radius 1 is 0.706 bits per heavy atom. The Labute approximate surface area is 292 Å². The molecule has 0 aromatic heterocycles. The van der Waals surface area contributed by atoms with E-state index in [1.165, 1.54) is 0 Å². The molecule has 20 atom stereocenters. The highest BCUT2D eigenvalue weighted by Crippen LogP contribution is 2.32. The summed E-state index contributed by atoms with van der Waals surface area (Å²) in [5.41, 5.74) is 23.1. The van der Waals surface area contributed by atoms with Gasteiger partial charge in [-0.25, -0.2) is 0 Å². The molecule has 3 aliphatic heterocycles. The second kappa shape index (κ2) is 19.8. The first-order chi connectivity index (χ1) is 24.0. The lowest BCUT2D eigenvalue weighted by molar-refractivity contribution is -0.332. The quantitative estimate of drug-likeness (QED) is 0.0932. The third-order valence-corrected chi connectivity index (χ3v) is 9.24. The minimum atomic E-state index is -1.76. The smallest absolute Gasteiger partial charge is 0.249 e. The van der Waals surface area contributed by atoms with Gasteiger partial charge in [0.25, 0.3) is 0 Å². The molecule has 3 heterocycles. The number of nitrogens with two attached hydrogens (primary N) is 4. The van der Waals surface area contributed by atoms with Gasteiger partial charge in [-0.1, -0.05) is 0 Å². The van der Waals surface area contributed by atoms with Crippen molar-refractivity contribution in [3.63, 3.8) is 0 Å². The predicted octanol–water partition coefficient (Wildman–Crippen LogP) is -10.6. The predicted molar refractivity (Wildman–Crippen MR) is 166 cm³/mol. The Hall–Kier alpha value is -1.37. The number of ether oxygens (including phenoxy) is 5. The summed E-state index contributed by atoms with van der Waals surface area (Å²) in [6, 6.07) is -3.45. The minimum Gasteiger partial charge on any atom is -0.394 e. The molecule has 0 spiro atoms. The zero-order valence-electron chi connectivity index (χ0n) is 27.6.